The second-order valence-electron chi connectivity index (χ2n) is 5.03. The van der Waals surface area contributed by atoms with Gasteiger partial charge in [-0.3, -0.25) is 0 Å². The fourth-order valence-corrected chi connectivity index (χ4v) is 2.59. The maximum absolute atomic E-state index is 5.96. The van der Waals surface area contributed by atoms with Crippen LogP contribution in [0.25, 0.3) is 0 Å². The number of rotatable bonds is 1. The maximum atomic E-state index is 5.96. The Labute approximate surface area is 96.6 Å². The van der Waals surface area contributed by atoms with Gasteiger partial charge in [0.2, 0.25) is 0 Å². The zero-order valence-electron chi connectivity index (χ0n) is 9.98. The van der Waals surface area contributed by atoms with E-state index in [-0.39, 0.29) is 0 Å². The number of piperidine rings is 1. The topological polar surface area (TPSA) is 68.2 Å². The fourth-order valence-electron chi connectivity index (χ4n) is 2.59. The van der Waals surface area contributed by atoms with Crippen molar-refractivity contribution in [2.75, 3.05) is 29.5 Å². The molecule has 4 heteroatoms. The van der Waals surface area contributed by atoms with E-state index in [1.807, 2.05) is 0 Å². The van der Waals surface area contributed by atoms with Crippen LogP contribution in [0.4, 0.5) is 17.2 Å². The third-order valence-corrected chi connectivity index (χ3v) is 3.08. The molecule has 2 atom stereocenters. The summed E-state index contributed by atoms with van der Waals surface area (Å²) >= 11 is 0. The second kappa shape index (κ2) is 4.20. The summed E-state index contributed by atoms with van der Waals surface area (Å²) in [5, 5.41) is 0. The highest BCUT2D eigenvalue weighted by molar-refractivity contribution is 5.67. The van der Waals surface area contributed by atoms with Gasteiger partial charge in [-0.15, -0.1) is 0 Å². The molecule has 88 valence electrons. The minimum Gasteiger partial charge on any atom is -0.397 e. The van der Waals surface area contributed by atoms with Crippen molar-refractivity contribution < 1.29 is 0 Å². The first-order valence-electron chi connectivity index (χ1n) is 5.82. The Morgan fingerprint density at radius 2 is 1.88 bits per heavy atom. The van der Waals surface area contributed by atoms with E-state index in [2.05, 4.69) is 23.7 Å². The number of aromatic nitrogens is 1. The summed E-state index contributed by atoms with van der Waals surface area (Å²) in [6.07, 6.45) is 2.96. The minimum absolute atomic E-state index is 0.624. The van der Waals surface area contributed by atoms with Gasteiger partial charge in [-0.1, -0.05) is 13.8 Å². The number of anilines is 3. The molecule has 1 saturated heterocycles. The van der Waals surface area contributed by atoms with Gasteiger partial charge in [0, 0.05) is 13.1 Å². The molecule has 0 aliphatic carbocycles. The molecular weight excluding hydrogens is 200 g/mol. The summed E-state index contributed by atoms with van der Waals surface area (Å²) in [5.41, 5.74) is 12.9. The van der Waals surface area contributed by atoms with Crippen LogP contribution in [0.15, 0.2) is 12.3 Å². The quantitative estimate of drug-likeness (QED) is 0.756. The summed E-state index contributed by atoms with van der Waals surface area (Å²) in [6, 6.07) is 1.78. The highest BCUT2D eigenvalue weighted by Crippen LogP contribution is 2.29. The molecule has 0 bridgehead atoms. The van der Waals surface area contributed by atoms with Gasteiger partial charge in [0.05, 0.1) is 17.6 Å². The summed E-state index contributed by atoms with van der Waals surface area (Å²) in [7, 11) is 0. The Kier molecular flexibility index (Phi) is 2.90. The van der Waals surface area contributed by atoms with Gasteiger partial charge in [0.15, 0.2) is 5.82 Å². The first kappa shape index (κ1) is 11.0. The van der Waals surface area contributed by atoms with Crippen molar-refractivity contribution in [1.82, 2.24) is 4.98 Å². The number of hydrogen-bond acceptors (Lipinski definition) is 4. The molecule has 16 heavy (non-hydrogen) atoms. The Hall–Kier alpha value is -1.45. The van der Waals surface area contributed by atoms with Gasteiger partial charge in [-0.05, 0) is 24.3 Å². The first-order valence-corrected chi connectivity index (χ1v) is 5.82. The molecule has 0 aromatic carbocycles. The van der Waals surface area contributed by atoms with Crippen LogP contribution in [0.3, 0.4) is 0 Å². The first-order chi connectivity index (χ1) is 7.56. The Balaban J connectivity index is 2.23. The van der Waals surface area contributed by atoms with E-state index in [9.17, 15) is 0 Å². The molecule has 2 rings (SSSR count). The third-order valence-electron chi connectivity index (χ3n) is 3.08. The molecule has 0 radical (unpaired) electrons. The van der Waals surface area contributed by atoms with E-state index in [1.54, 1.807) is 12.3 Å². The summed E-state index contributed by atoms with van der Waals surface area (Å²) in [5.74, 6) is 2.28. The number of nitrogens with zero attached hydrogens (tertiary/aromatic N) is 2. The number of hydrogen-bond donors (Lipinski definition) is 2. The largest absolute Gasteiger partial charge is 0.397 e. The smallest absolute Gasteiger partial charge is 0.151 e. The molecule has 4 nitrogen and oxygen atoms in total. The standard InChI is InChI=1S/C12H20N4/c1-8-3-9(2)7-16(6-8)12-11(14)4-10(13)5-15-12/h4-5,8-9H,3,6-7,13-14H2,1-2H3. The number of pyridine rings is 1. The molecule has 1 aliphatic rings. The summed E-state index contributed by atoms with van der Waals surface area (Å²) in [4.78, 5) is 6.62. The second-order valence-corrected chi connectivity index (χ2v) is 5.03. The van der Waals surface area contributed by atoms with Gasteiger partial charge in [0.1, 0.15) is 0 Å². The zero-order valence-corrected chi connectivity index (χ0v) is 9.98. The maximum Gasteiger partial charge on any atom is 0.151 e. The molecular formula is C12H20N4. The van der Waals surface area contributed by atoms with Crippen molar-refractivity contribution in [2.24, 2.45) is 11.8 Å². The van der Waals surface area contributed by atoms with Crippen molar-refractivity contribution >= 4 is 17.2 Å². The monoisotopic (exact) mass is 220 g/mol. The summed E-state index contributed by atoms with van der Waals surface area (Å²) < 4.78 is 0. The van der Waals surface area contributed by atoms with E-state index in [0.717, 1.165) is 18.9 Å². The average Bonchev–Trinajstić information content (AvgIpc) is 2.15. The lowest BCUT2D eigenvalue weighted by atomic mass is 9.92. The van der Waals surface area contributed by atoms with Gasteiger partial charge >= 0.3 is 0 Å². The molecule has 1 aliphatic heterocycles. The molecule has 0 saturated carbocycles. The van der Waals surface area contributed by atoms with Gasteiger partial charge in [0.25, 0.3) is 0 Å². The van der Waals surface area contributed by atoms with Crippen LogP contribution in [0.2, 0.25) is 0 Å². The SMILES string of the molecule is CC1CC(C)CN(c2ncc(N)cc2N)C1. The summed E-state index contributed by atoms with van der Waals surface area (Å²) in [6.45, 7) is 6.61. The molecule has 1 aromatic heterocycles. The van der Waals surface area contributed by atoms with Crippen molar-refractivity contribution in [3.05, 3.63) is 12.3 Å². The van der Waals surface area contributed by atoms with Crippen LogP contribution < -0.4 is 16.4 Å². The van der Waals surface area contributed by atoms with Crippen molar-refractivity contribution in [1.29, 1.82) is 0 Å². The van der Waals surface area contributed by atoms with Crippen LogP contribution in [-0.2, 0) is 0 Å². The average molecular weight is 220 g/mol. The Morgan fingerprint density at radius 1 is 1.25 bits per heavy atom. The number of nitrogen functional groups attached to an aromatic ring is 2. The third kappa shape index (κ3) is 2.21. The molecule has 1 fully saturated rings. The van der Waals surface area contributed by atoms with Crippen molar-refractivity contribution in [2.45, 2.75) is 20.3 Å². The van der Waals surface area contributed by atoms with Crippen LogP contribution in [0, 0.1) is 11.8 Å². The lowest BCUT2D eigenvalue weighted by molar-refractivity contribution is 0.355. The Bertz CT molecular complexity index is 367. The van der Waals surface area contributed by atoms with E-state index >= 15 is 0 Å². The molecule has 1 aromatic rings. The normalized spacial score (nSPS) is 25.8. The molecule has 0 amide bonds. The predicted molar refractivity (Wildman–Crippen MR) is 68.2 cm³/mol. The Morgan fingerprint density at radius 3 is 2.44 bits per heavy atom. The molecule has 0 spiro atoms. The highest BCUT2D eigenvalue weighted by Gasteiger charge is 2.23. The van der Waals surface area contributed by atoms with Crippen molar-refractivity contribution in [3.8, 4) is 0 Å². The number of nitrogens with two attached hydrogens (primary N) is 2. The molecule has 4 N–H and O–H groups in total. The van der Waals surface area contributed by atoms with Crippen molar-refractivity contribution in [3.63, 3.8) is 0 Å². The van der Waals surface area contributed by atoms with Crippen LogP contribution in [0.1, 0.15) is 20.3 Å². The van der Waals surface area contributed by atoms with E-state index in [4.69, 9.17) is 11.5 Å². The lowest BCUT2D eigenvalue weighted by Crippen LogP contribution is -2.39. The lowest BCUT2D eigenvalue weighted by Gasteiger charge is -2.36. The zero-order chi connectivity index (χ0) is 11.7. The van der Waals surface area contributed by atoms with E-state index < -0.39 is 0 Å². The fraction of sp³-hybridized carbons (Fsp3) is 0.583. The van der Waals surface area contributed by atoms with Crippen LogP contribution >= 0.6 is 0 Å². The van der Waals surface area contributed by atoms with Gasteiger partial charge in [-0.25, -0.2) is 4.98 Å². The van der Waals surface area contributed by atoms with Gasteiger partial charge in [-0.2, -0.15) is 0 Å². The predicted octanol–water partition coefficient (Wildman–Crippen LogP) is 1.73. The van der Waals surface area contributed by atoms with E-state index in [1.165, 1.54) is 6.42 Å². The molecule has 2 unspecified atom stereocenters. The minimum atomic E-state index is 0.624. The molecule has 2 heterocycles. The van der Waals surface area contributed by atoms with Crippen LogP contribution in [-0.4, -0.2) is 18.1 Å². The van der Waals surface area contributed by atoms with Crippen LogP contribution in [0.5, 0.6) is 0 Å². The van der Waals surface area contributed by atoms with E-state index in [0.29, 0.717) is 23.2 Å². The highest BCUT2D eigenvalue weighted by atomic mass is 15.2. The van der Waals surface area contributed by atoms with Gasteiger partial charge < -0.3 is 16.4 Å².